The van der Waals surface area contributed by atoms with Gasteiger partial charge in [0.15, 0.2) is 5.03 Å². The molecule has 1 aliphatic heterocycles. The summed E-state index contributed by atoms with van der Waals surface area (Å²) in [6.45, 7) is 5.62. The topological polar surface area (TPSA) is 81.2 Å². The molecule has 0 radical (unpaired) electrons. The normalized spacial score (nSPS) is 20.2. The number of nitrogens with two attached hydrogens (primary N) is 1. The minimum atomic E-state index is -3.50. The van der Waals surface area contributed by atoms with Gasteiger partial charge in [0.1, 0.15) is 5.82 Å². The Kier molecular flexibility index (Phi) is 6.65. The monoisotopic (exact) mass is 336 g/mol. The van der Waals surface area contributed by atoms with Gasteiger partial charge < -0.3 is 10.3 Å². The molecule has 1 aromatic heterocycles. The molecule has 0 saturated carbocycles. The third-order valence-electron chi connectivity index (χ3n) is 3.94. The maximum atomic E-state index is 12.8. The fraction of sp³-hybridized carbons (Fsp3) is 0.769. The second kappa shape index (κ2) is 7.58. The predicted molar refractivity (Wildman–Crippen MR) is 85.1 cm³/mol. The first-order valence-electron chi connectivity index (χ1n) is 7.26. The molecule has 122 valence electrons. The van der Waals surface area contributed by atoms with Crippen LogP contribution in [-0.2, 0) is 16.6 Å². The van der Waals surface area contributed by atoms with Crippen molar-refractivity contribution < 1.29 is 8.42 Å². The van der Waals surface area contributed by atoms with Crippen LogP contribution in [0.25, 0.3) is 0 Å². The third-order valence-corrected chi connectivity index (χ3v) is 5.76. The Morgan fingerprint density at radius 2 is 2.14 bits per heavy atom. The lowest BCUT2D eigenvalue weighted by Gasteiger charge is -2.33. The molecular formula is C13H25ClN4O2S. The van der Waals surface area contributed by atoms with Crippen LogP contribution in [0, 0.1) is 6.92 Å². The van der Waals surface area contributed by atoms with E-state index >= 15 is 0 Å². The summed E-state index contributed by atoms with van der Waals surface area (Å²) in [5, 5.41) is 0.167. The molecule has 1 atom stereocenters. The van der Waals surface area contributed by atoms with Crippen molar-refractivity contribution in [2.45, 2.75) is 57.1 Å². The highest BCUT2D eigenvalue weighted by atomic mass is 35.5. The van der Waals surface area contributed by atoms with E-state index in [1.54, 1.807) is 10.5 Å². The standard InChI is InChI=1S/C13H24N4O2S.ClH/c1-3-16-10-13(15-11(16)2)20(18,19)17-9-5-4-6-12(17)7-8-14;/h10,12H,3-9,14H2,1-2H3;1H. The first-order chi connectivity index (χ1) is 9.50. The van der Waals surface area contributed by atoms with Crippen molar-refractivity contribution in [3.8, 4) is 0 Å². The van der Waals surface area contributed by atoms with Crippen LogP contribution in [0.2, 0.25) is 0 Å². The number of sulfonamides is 1. The molecule has 8 heteroatoms. The Morgan fingerprint density at radius 1 is 1.43 bits per heavy atom. The number of nitrogens with zero attached hydrogens (tertiary/aromatic N) is 3. The molecule has 2 heterocycles. The van der Waals surface area contributed by atoms with E-state index in [0.29, 0.717) is 19.5 Å². The van der Waals surface area contributed by atoms with Crippen molar-refractivity contribution in [2.75, 3.05) is 13.1 Å². The number of halogens is 1. The molecule has 1 saturated heterocycles. The van der Waals surface area contributed by atoms with Crippen LogP contribution in [0.4, 0.5) is 0 Å². The Bertz CT molecular complexity index is 557. The van der Waals surface area contributed by atoms with Crippen molar-refractivity contribution in [1.29, 1.82) is 0 Å². The lowest BCUT2D eigenvalue weighted by Crippen LogP contribution is -2.44. The zero-order valence-electron chi connectivity index (χ0n) is 12.7. The van der Waals surface area contributed by atoms with E-state index in [1.807, 2.05) is 18.4 Å². The molecule has 0 aliphatic carbocycles. The minimum Gasteiger partial charge on any atom is -0.334 e. The first-order valence-corrected chi connectivity index (χ1v) is 8.70. The molecule has 0 aromatic carbocycles. The van der Waals surface area contributed by atoms with E-state index in [4.69, 9.17) is 5.73 Å². The number of hydrogen-bond acceptors (Lipinski definition) is 4. The Labute approximate surface area is 133 Å². The maximum absolute atomic E-state index is 12.8. The largest absolute Gasteiger partial charge is 0.334 e. The molecule has 0 amide bonds. The van der Waals surface area contributed by atoms with E-state index in [1.165, 1.54) is 0 Å². The number of rotatable bonds is 5. The van der Waals surface area contributed by atoms with Gasteiger partial charge in [-0.1, -0.05) is 6.42 Å². The van der Waals surface area contributed by atoms with E-state index in [9.17, 15) is 8.42 Å². The van der Waals surface area contributed by atoms with Gasteiger partial charge in [0, 0.05) is 25.3 Å². The van der Waals surface area contributed by atoms with Crippen molar-refractivity contribution in [1.82, 2.24) is 13.9 Å². The predicted octanol–water partition coefficient (Wildman–Crippen LogP) is 1.53. The SMILES string of the molecule is CCn1cc(S(=O)(=O)N2CCCCC2CCN)nc1C.Cl. The third kappa shape index (κ3) is 3.77. The average molecular weight is 337 g/mol. The van der Waals surface area contributed by atoms with Crippen LogP contribution in [0.5, 0.6) is 0 Å². The molecule has 1 aliphatic rings. The van der Waals surface area contributed by atoms with E-state index in [0.717, 1.165) is 31.6 Å². The Morgan fingerprint density at radius 3 is 2.71 bits per heavy atom. The van der Waals surface area contributed by atoms with E-state index in [-0.39, 0.29) is 23.5 Å². The fourth-order valence-electron chi connectivity index (χ4n) is 2.82. The molecule has 1 fully saturated rings. The minimum absolute atomic E-state index is 0. The molecule has 2 rings (SSSR count). The van der Waals surface area contributed by atoms with E-state index in [2.05, 4.69) is 4.98 Å². The molecule has 21 heavy (non-hydrogen) atoms. The van der Waals surface area contributed by atoms with Gasteiger partial charge >= 0.3 is 0 Å². The average Bonchev–Trinajstić information content (AvgIpc) is 2.81. The molecule has 0 bridgehead atoms. The summed E-state index contributed by atoms with van der Waals surface area (Å²) in [6.07, 6.45) is 5.22. The second-order valence-corrected chi connectivity index (χ2v) is 7.09. The molecular weight excluding hydrogens is 312 g/mol. The summed E-state index contributed by atoms with van der Waals surface area (Å²) < 4.78 is 29.0. The van der Waals surface area contributed by atoms with Gasteiger partial charge in [0.2, 0.25) is 0 Å². The second-order valence-electron chi connectivity index (χ2n) is 5.26. The summed E-state index contributed by atoms with van der Waals surface area (Å²) >= 11 is 0. The van der Waals surface area contributed by atoms with Gasteiger partial charge in [-0.2, -0.15) is 4.31 Å². The highest BCUT2D eigenvalue weighted by Crippen LogP contribution is 2.26. The van der Waals surface area contributed by atoms with Gasteiger partial charge in [-0.05, 0) is 39.7 Å². The van der Waals surface area contributed by atoms with Gasteiger partial charge in [0.05, 0.1) is 0 Å². The van der Waals surface area contributed by atoms with Gasteiger partial charge in [-0.15, -0.1) is 12.4 Å². The zero-order chi connectivity index (χ0) is 14.8. The number of hydrogen-bond donors (Lipinski definition) is 1. The summed E-state index contributed by atoms with van der Waals surface area (Å²) in [6, 6.07) is 0.0193. The lowest BCUT2D eigenvalue weighted by molar-refractivity contribution is 0.242. The van der Waals surface area contributed by atoms with Gasteiger partial charge in [-0.25, -0.2) is 13.4 Å². The highest BCUT2D eigenvalue weighted by molar-refractivity contribution is 7.89. The number of imidazole rings is 1. The quantitative estimate of drug-likeness (QED) is 0.884. The number of aromatic nitrogens is 2. The molecule has 1 unspecified atom stereocenters. The van der Waals surface area contributed by atoms with Crippen LogP contribution >= 0.6 is 12.4 Å². The molecule has 0 spiro atoms. The lowest BCUT2D eigenvalue weighted by atomic mass is 10.0. The first kappa shape index (κ1) is 18.4. The molecule has 1 aromatic rings. The fourth-order valence-corrected chi connectivity index (χ4v) is 4.54. The smallest absolute Gasteiger partial charge is 0.262 e. The Balaban J connectivity index is 0.00000220. The van der Waals surface area contributed by atoms with E-state index < -0.39 is 10.0 Å². The van der Waals surface area contributed by atoms with Crippen molar-refractivity contribution in [2.24, 2.45) is 5.73 Å². The number of piperidine rings is 1. The Hall–Kier alpha value is -0.630. The molecule has 2 N–H and O–H groups in total. The summed E-state index contributed by atoms with van der Waals surface area (Å²) in [4.78, 5) is 4.22. The molecule has 6 nitrogen and oxygen atoms in total. The van der Waals surface area contributed by atoms with Crippen LogP contribution in [0.3, 0.4) is 0 Å². The number of aryl methyl sites for hydroxylation is 2. The maximum Gasteiger partial charge on any atom is 0.262 e. The van der Waals surface area contributed by atoms with Gasteiger partial charge in [-0.3, -0.25) is 0 Å². The summed E-state index contributed by atoms with van der Waals surface area (Å²) in [5.74, 6) is 0.735. The van der Waals surface area contributed by atoms with Crippen LogP contribution in [-0.4, -0.2) is 41.4 Å². The summed E-state index contributed by atoms with van der Waals surface area (Å²) in [5.41, 5.74) is 5.61. The highest BCUT2D eigenvalue weighted by Gasteiger charge is 2.34. The van der Waals surface area contributed by atoms with Gasteiger partial charge in [0.25, 0.3) is 10.0 Å². The van der Waals surface area contributed by atoms with Crippen LogP contribution in [0.1, 0.15) is 38.4 Å². The van der Waals surface area contributed by atoms with Crippen molar-refractivity contribution in [3.05, 3.63) is 12.0 Å². The summed E-state index contributed by atoms with van der Waals surface area (Å²) in [7, 11) is -3.50. The van der Waals surface area contributed by atoms with Crippen molar-refractivity contribution in [3.63, 3.8) is 0 Å². The zero-order valence-corrected chi connectivity index (χ0v) is 14.3. The van der Waals surface area contributed by atoms with Crippen LogP contribution in [0.15, 0.2) is 11.2 Å². The van der Waals surface area contributed by atoms with Crippen LogP contribution < -0.4 is 5.73 Å². The van der Waals surface area contributed by atoms with Crippen molar-refractivity contribution >= 4 is 22.4 Å².